The Morgan fingerprint density at radius 2 is 1.48 bits per heavy atom. The Labute approximate surface area is 137 Å². The number of hydrogen-bond donors (Lipinski definition) is 0. The SMILES string of the molecule is CC(C)C1=CC(=NC(=O)Cc2ccccc2)C=C(C(C)C)C1=O. The van der Waals surface area contributed by atoms with Gasteiger partial charge in [-0.15, -0.1) is 0 Å². The first-order valence-electron chi connectivity index (χ1n) is 8.01. The van der Waals surface area contributed by atoms with Gasteiger partial charge in [-0.25, -0.2) is 4.99 Å². The molecule has 0 saturated heterocycles. The number of nitrogens with zero attached hydrogens (tertiary/aromatic N) is 1. The van der Waals surface area contributed by atoms with Gasteiger partial charge in [-0.05, 0) is 29.6 Å². The first-order chi connectivity index (χ1) is 10.9. The number of aliphatic imine (C=N–C) groups is 1. The standard InChI is InChI=1S/C20H23NO2/c1-13(2)17-11-16(12-18(14(3)4)20(17)23)21-19(22)10-15-8-6-5-7-9-15/h5-9,11-14H,10H2,1-4H3. The van der Waals surface area contributed by atoms with Crippen LogP contribution in [-0.4, -0.2) is 17.4 Å². The molecular weight excluding hydrogens is 286 g/mol. The van der Waals surface area contributed by atoms with Gasteiger partial charge in [-0.1, -0.05) is 58.0 Å². The Bertz CT molecular complexity index is 662. The van der Waals surface area contributed by atoms with Crippen LogP contribution in [0, 0.1) is 11.8 Å². The van der Waals surface area contributed by atoms with Crippen molar-refractivity contribution in [3.63, 3.8) is 0 Å². The topological polar surface area (TPSA) is 46.5 Å². The maximum Gasteiger partial charge on any atom is 0.250 e. The van der Waals surface area contributed by atoms with Gasteiger partial charge in [0, 0.05) is 11.1 Å². The van der Waals surface area contributed by atoms with E-state index in [1.807, 2.05) is 58.0 Å². The molecule has 0 heterocycles. The minimum absolute atomic E-state index is 0.0736. The fourth-order valence-electron chi connectivity index (χ4n) is 2.53. The molecule has 0 unspecified atom stereocenters. The van der Waals surface area contributed by atoms with E-state index in [1.165, 1.54) is 0 Å². The van der Waals surface area contributed by atoms with Crippen molar-refractivity contribution in [1.29, 1.82) is 0 Å². The highest BCUT2D eigenvalue weighted by atomic mass is 16.1. The lowest BCUT2D eigenvalue weighted by atomic mass is 9.84. The summed E-state index contributed by atoms with van der Waals surface area (Å²) in [6.07, 6.45) is 3.78. The average Bonchev–Trinajstić information content (AvgIpc) is 2.49. The molecule has 120 valence electrons. The predicted molar refractivity (Wildman–Crippen MR) is 93.4 cm³/mol. The van der Waals surface area contributed by atoms with Crippen LogP contribution >= 0.6 is 0 Å². The van der Waals surface area contributed by atoms with Crippen molar-refractivity contribution < 1.29 is 9.59 Å². The lowest BCUT2D eigenvalue weighted by Gasteiger charge is -2.19. The number of carbonyl (C=O) groups excluding carboxylic acids is 2. The third-order valence-electron chi connectivity index (χ3n) is 3.83. The van der Waals surface area contributed by atoms with E-state index in [9.17, 15) is 9.59 Å². The van der Waals surface area contributed by atoms with E-state index in [4.69, 9.17) is 0 Å². The van der Waals surface area contributed by atoms with Crippen LogP contribution in [0.25, 0.3) is 0 Å². The summed E-state index contributed by atoms with van der Waals surface area (Å²) in [6.45, 7) is 7.93. The highest BCUT2D eigenvalue weighted by Gasteiger charge is 2.24. The minimum atomic E-state index is -0.195. The molecule has 0 N–H and O–H groups in total. The van der Waals surface area contributed by atoms with Gasteiger partial charge in [-0.2, -0.15) is 0 Å². The summed E-state index contributed by atoms with van der Waals surface area (Å²) in [5, 5.41) is 0. The monoisotopic (exact) mass is 309 g/mol. The first-order valence-corrected chi connectivity index (χ1v) is 8.01. The third-order valence-corrected chi connectivity index (χ3v) is 3.83. The fraction of sp³-hybridized carbons (Fsp3) is 0.350. The van der Waals surface area contributed by atoms with E-state index in [-0.39, 0.29) is 29.9 Å². The van der Waals surface area contributed by atoms with Crippen LogP contribution in [0.5, 0.6) is 0 Å². The highest BCUT2D eigenvalue weighted by molar-refractivity contribution is 6.23. The van der Waals surface area contributed by atoms with Gasteiger partial charge < -0.3 is 0 Å². The number of Topliss-reactive ketones (excluding diaryl/α,β-unsaturated/α-hetero) is 1. The molecule has 1 amide bonds. The molecule has 0 aliphatic heterocycles. The maximum absolute atomic E-state index is 12.5. The molecule has 0 atom stereocenters. The van der Waals surface area contributed by atoms with Crippen LogP contribution in [0.3, 0.4) is 0 Å². The summed E-state index contributed by atoms with van der Waals surface area (Å²) in [4.78, 5) is 28.8. The second kappa shape index (κ2) is 7.32. The minimum Gasteiger partial charge on any atom is -0.289 e. The molecule has 3 heteroatoms. The molecular formula is C20H23NO2. The molecule has 1 aliphatic rings. The average molecular weight is 309 g/mol. The Hall–Kier alpha value is -2.29. The molecule has 23 heavy (non-hydrogen) atoms. The summed E-state index contributed by atoms with van der Waals surface area (Å²) in [5.41, 5.74) is 2.97. The zero-order chi connectivity index (χ0) is 17.0. The van der Waals surface area contributed by atoms with E-state index in [1.54, 1.807) is 12.2 Å². The van der Waals surface area contributed by atoms with Crippen molar-refractivity contribution in [1.82, 2.24) is 0 Å². The molecule has 0 fully saturated rings. The molecule has 3 nitrogen and oxygen atoms in total. The lowest BCUT2D eigenvalue weighted by molar-refractivity contribution is -0.117. The van der Waals surface area contributed by atoms with E-state index >= 15 is 0 Å². The van der Waals surface area contributed by atoms with Crippen LogP contribution in [0.1, 0.15) is 33.3 Å². The number of benzene rings is 1. The highest BCUT2D eigenvalue weighted by Crippen LogP contribution is 2.25. The molecule has 1 aromatic rings. The van der Waals surface area contributed by atoms with Crippen LogP contribution < -0.4 is 0 Å². The van der Waals surface area contributed by atoms with Gasteiger partial charge in [0.25, 0.3) is 5.91 Å². The predicted octanol–water partition coefficient (Wildman–Crippen LogP) is 3.94. The number of ketones is 1. The van der Waals surface area contributed by atoms with Crippen LogP contribution in [0.4, 0.5) is 0 Å². The summed E-state index contributed by atoms with van der Waals surface area (Å²) in [7, 11) is 0. The van der Waals surface area contributed by atoms with E-state index in [2.05, 4.69) is 4.99 Å². The Balaban J connectivity index is 2.28. The van der Waals surface area contributed by atoms with Crippen LogP contribution in [0.2, 0.25) is 0 Å². The van der Waals surface area contributed by atoms with Gasteiger partial charge in [0.05, 0.1) is 12.1 Å². The van der Waals surface area contributed by atoms with Crippen molar-refractivity contribution in [2.75, 3.05) is 0 Å². The van der Waals surface area contributed by atoms with Crippen LogP contribution in [0.15, 0.2) is 58.6 Å². The zero-order valence-electron chi connectivity index (χ0n) is 14.2. The summed E-state index contributed by atoms with van der Waals surface area (Å²) in [5.74, 6) is 0.0995. The first kappa shape index (κ1) is 17.1. The van der Waals surface area contributed by atoms with Crippen molar-refractivity contribution in [3.05, 3.63) is 59.2 Å². The van der Waals surface area contributed by atoms with E-state index in [0.717, 1.165) is 16.7 Å². The van der Waals surface area contributed by atoms with Gasteiger partial charge in [0.2, 0.25) is 0 Å². The summed E-state index contributed by atoms with van der Waals surface area (Å²) >= 11 is 0. The Morgan fingerprint density at radius 3 is 1.96 bits per heavy atom. The quantitative estimate of drug-likeness (QED) is 0.791. The normalized spacial score (nSPS) is 14.9. The van der Waals surface area contributed by atoms with Crippen molar-refractivity contribution in [2.45, 2.75) is 34.1 Å². The zero-order valence-corrected chi connectivity index (χ0v) is 14.2. The second-order valence-electron chi connectivity index (χ2n) is 6.43. The Kier molecular flexibility index (Phi) is 5.43. The summed E-state index contributed by atoms with van der Waals surface area (Å²) < 4.78 is 0. The largest absolute Gasteiger partial charge is 0.289 e. The smallest absolute Gasteiger partial charge is 0.250 e. The Morgan fingerprint density at radius 1 is 0.957 bits per heavy atom. The number of rotatable bonds is 4. The van der Waals surface area contributed by atoms with Gasteiger partial charge >= 0.3 is 0 Å². The van der Waals surface area contributed by atoms with E-state index < -0.39 is 0 Å². The number of allylic oxidation sites excluding steroid dienone is 4. The number of hydrogen-bond acceptors (Lipinski definition) is 2. The summed E-state index contributed by atoms with van der Waals surface area (Å²) in [6, 6.07) is 9.55. The molecule has 0 aromatic heterocycles. The van der Waals surface area contributed by atoms with Gasteiger partial charge in [-0.3, -0.25) is 9.59 Å². The molecule has 1 aliphatic carbocycles. The van der Waals surface area contributed by atoms with Gasteiger partial charge in [0.15, 0.2) is 5.78 Å². The van der Waals surface area contributed by atoms with Crippen molar-refractivity contribution in [2.24, 2.45) is 16.8 Å². The fourth-order valence-corrected chi connectivity index (χ4v) is 2.53. The second-order valence-corrected chi connectivity index (χ2v) is 6.43. The van der Waals surface area contributed by atoms with Crippen molar-refractivity contribution >= 4 is 17.4 Å². The maximum atomic E-state index is 12.5. The number of carbonyl (C=O) groups is 2. The molecule has 0 saturated carbocycles. The van der Waals surface area contributed by atoms with Gasteiger partial charge in [0.1, 0.15) is 0 Å². The molecule has 2 rings (SSSR count). The van der Waals surface area contributed by atoms with Crippen LogP contribution in [-0.2, 0) is 16.0 Å². The molecule has 1 aromatic carbocycles. The molecule has 0 spiro atoms. The third kappa shape index (κ3) is 4.35. The molecule has 0 bridgehead atoms. The molecule has 0 radical (unpaired) electrons. The van der Waals surface area contributed by atoms with Crippen molar-refractivity contribution in [3.8, 4) is 0 Å². The number of amides is 1. The van der Waals surface area contributed by atoms with E-state index in [0.29, 0.717) is 5.71 Å². The lowest BCUT2D eigenvalue weighted by Crippen LogP contribution is -2.21.